The molecule has 0 saturated heterocycles. The predicted octanol–water partition coefficient (Wildman–Crippen LogP) is 5.85. The number of carbonyl (C=O) groups excluding carboxylic acids is 2. The monoisotopic (exact) mass is 442 g/mol. The van der Waals surface area contributed by atoms with Crippen molar-refractivity contribution in [3.8, 4) is 11.5 Å². The second kappa shape index (κ2) is 9.55. The number of aryl methyl sites for hydroxylation is 2. The van der Waals surface area contributed by atoms with Gasteiger partial charge < -0.3 is 14.2 Å². The molecule has 0 spiro atoms. The first-order valence-corrected chi connectivity index (χ1v) is 10.3. The molecule has 2 rings (SSSR count). The van der Waals surface area contributed by atoms with Gasteiger partial charge in [-0.15, -0.1) is 0 Å². The molecule has 0 N–H and O–H groups in total. The Labute approximate surface area is 189 Å². The van der Waals surface area contributed by atoms with Crippen LogP contribution in [-0.2, 0) is 9.53 Å². The summed E-state index contributed by atoms with van der Waals surface area (Å²) >= 11 is 0. The average molecular weight is 443 g/mol. The summed E-state index contributed by atoms with van der Waals surface area (Å²) < 4.78 is 30.2. The summed E-state index contributed by atoms with van der Waals surface area (Å²) in [5, 5.41) is 0. The molecule has 0 aromatic heterocycles. The van der Waals surface area contributed by atoms with Crippen molar-refractivity contribution in [2.24, 2.45) is 0 Å². The molecule has 0 heterocycles. The SMILES string of the molecule is COc1ccc(C(=O)C=Cc2cc(C)c(OC(C)(C)C(=O)OC(C)(C)C)c(C)c2)cc1F. The minimum absolute atomic E-state index is 0.0849. The van der Waals surface area contributed by atoms with E-state index in [0.717, 1.165) is 22.8 Å². The van der Waals surface area contributed by atoms with Crippen molar-refractivity contribution in [1.29, 1.82) is 0 Å². The molecular weight excluding hydrogens is 411 g/mol. The van der Waals surface area contributed by atoms with Gasteiger partial charge in [-0.3, -0.25) is 4.79 Å². The second-order valence-electron chi connectivity index (χ2n) is 9.14. The molecule has 0 saturated carbocycles. The van der Waals surface area contributed by atoms with Crippen LogP contribution in [0.3, 0.4) is 0 Å². The summed E-state index contributed by atoms with van der Waals surface area (Å²) in [5.41, 5.74) is 0.843. The average Bonchev–Trinajstić information content (AvgIpc) is 2.67. The topological polar surface area (TPSA) is 61.8 Å². The molecule has 0 amide bonds. The van der Waals surface area contributed by atoms with Gasteiger partial charge in [-0.25, -0.2) is 9.18 Å². The first-order valence-electron chi connectivity index (χ1n) is 10.3. The molecular formula is C26H31FO5. The molecule has 6 heteroatoms. The van der Waals surface area contributed by atoms with Gasteiger partial charge in [0.2, 0.25) is 0 Å². The Morgan fingerprint density at radius 3 is 2.06 bits per heavy atom. The number of hydrogen-bond donors (Lipinski definition) is 0. The standard InChI is InChI=1S/C26H31FO5/c1-16-13-18(9-11-21(28)19-10-12-22(30-8)20(27)15-19)14-17(2)23(16)31-26(6,7)24(29)32-25(3,4)5/h9-15H,1-8H3. The van der Waals surface area contributed by atoms with Gasteiger partial charge in [0.1, 0.15) is 11.4 Å². The van der Waals surface area contributed by atoms with Crippen molar-refractivity contribution in [3.63, 3.8) is 0 Å². The summed E-state index contributed by atoms with van der Waals surface area (Å²) in [4.78, 5) is 24.9. The largest absolute Gasteiger partial charge is 0.494 e. The lowest BCUT2D eigenvalue weighted by Gasteiger charge is -2.30. The molecule has 0 aliphatic rings. The van der Waals surface area contributed by atoms with Crippen molar-refractivity contribution in [1.82, 2.24) is 0 Å². The molecule has 2 aromatic rings. The number of benzene rings is 2. The Hall–Kier alpha value is -3.15. The molecule has 0 aliphatic carbocycles. The zero-order chi connectivity index (χ0) is 24.3. The van der Waals surface area contributed by atoms with Gasteiger partial charge >= 0.3 is 5.97 Å². The van der Waals surface area contributed by atoms with E-state index in [4.69, 9.17) is 14.2 Å². The normalized spacial score (nSPS) is 12.0. The van der Waals surface area contributed by atoms with Crippen LogP contribution in [-0.4, -0.2) is 30.1 Å². The fourth-order valence-corrected chi connectivity index (χ4v) is 3.03. The van der Waals surface area contributed by atoms with E-state index in [1.807, 2.05) is 26.0 Å². The van der Waals surface area contributed by atoms with E-state index in [1.165, 1.54) is 25.3 Å². The molecule has 2 aromatic carbocycles. The molecule has 0 radical (unpaired) electrons. The highest BCUT2D eigenvalue weighted by Gasteiger charge is 2.35. The summed E-state index contributed by atoms with van der Waals surface area (Å²) in [7, 11) is 1.37. The van der Waals surface area contributed by atoms with E-state index in [9.17, 15) is 14.0 Å². The lowest BCUT2D eigenvalue weighted by Crippen LogP contribution is -2.43. The van der Waals surface area contributed by atoms with E-state index in [1.54, 1.807) is 40.7 Å². The van der Waals surface area contributed by atoms with Crippen LogP contribution in [0, 0.1) is 19.7 Å². The summed E-state index contributed by atoms with van der Waals surface area (Å²) in [5.74, 6) is -0.700. The maximum absolute atomic E-state index is 13.9. The maximum atomic E-state index is 13.9. The fraction of sp³-hybridized carbons (Fsp3) is 0.385. The predicted molar refractivity (Wildman–Crippen MR) is 123 cm³/mol. The van der Waals surface area contributed by atoms with Gasteiger partial charge in [0.05, 0.1) is 7.11 Å². The van der Waals surface area contributed by atoms with Gasteiger partial charge in [-0.1, -0.05) is 6.08 Å². The van der Waals surface area contributed by atoms with Crippen molar-refractivity contribution >= 4 is 17.8 Å². The Balaban J connectivity index is 2.21. The number of rotatable bonds is 7. The number of ether oxygens (including phenoxy) is 3. The van der Waals surface area contributed by atoms with Crippen LogP contribution in [0.2, 0.25) is 0 Å². The van der Waals surface area contributed by atoms with Crippen LogP contribution in [0.1, 0.15) is 61.7 Å². The van der Waals surface area contributed by atoms with E-state index in [-0.39, 0.29) is 17.1 Å². The third-order valence-electron chi connectivity index (χ3n) is 4.59. The number of allylic oxidation sites excluding steroid dienone is 1. The fourth-order valence-electron chi connectivity index (χ4n) is 3.03. The summed E-state index contributed by atoms with van der Waals surface area (Å²) in [6, 6.07) is 7.79. The Kier molecular flexibility index (Phi) is 7.50. The van der Waals surface area contributed by atoms with Crippen LogP contribution in [0.4, 0.5) is 4.39 Å². The summed E-state index contributed by atoms with van der Waals surface area (Å²) in [6.07, 6.45) is 3.05. The first-order chi connectivity index (χ1) is 14.7. The molecule has 0 aliphatic heterocycles. The van der Waals surface area contributed by atoms with E-state index in [2.05, 4.69) is 0 Å². The molecule has 172 valence electrons. The van der Waals surface area contributed by atoms with E-state index < -0.39 is 23.0 Å². The minimum Gasteiger partial charge on any atom is -0.494 e. The zero-order valence-corrected chi connectivity index (χ0v) is 20.0. The highest BCUT2D eigenvalue weighted by molar-refractivity contribution is 6.06. The van der Waals surface area contributed by atoms with Gasteiger partial charge in [0.25, 0.3) is 0 Å². The maximum Gasteiger partial charge on any atom is 0.350 e. The molecule has 0 fully saturated rings. The number of halogens is 1. The van der Waals surface area contributed by atoms with Gasteiger partial charge in [0.15, 0.2) is 23.0 Å². The molecule has 32 heavy (non-hydrogen) atoms. The van der Waals surface area contributed by atoms with Crippen molar-refractivity contribution in [2.75, 3.05) is 7.11 Å². The number of ketones is 1. The van der Waals surface area contributed by atoms with E-state index >= 15 is 0 Å². The number of carbonyl (C=O) groups is 2. The number of methoxy groups -OCH3 is 1. The summed E-state index contributed by atoms with van der Waals surface area (Å²) in [6.45, 7) is 12.5. The van der Waals surface area contributed by atoms with Crippen LogP contribution in [0.25, 0.3) is 6.08 Å². The number of hydrogen-bond acceptors (Lipinski definition) is 5. The van der Waals surface area contributed by atoms with Gasteiger partial charge in [0, 0.05) is 5.56 Å². The first kappa shape index (κ1) is 25.1. The van der Waals surface area contributed by atoms with Crippen molar-refractivity contribution in [2.45, 2.75) is 59.7 Å². The van der Waals surface area contributed by atoms with Crippen LogP contribution in [0.5, 0.6) is 11.5 Å². The third-order valence-corrected chi connectivity index (χ3v) is 4.59. The quantitative estimate of drug-likeness (QED) is 0.306. The molecule has 0 atom stereocenters. The lowest BCUT2D eigenvalue weighted by molar-refractivity contribution is -0.171. The van der Waals surface area contributed by atoms with Crippen LogP contribution < -0.4 is 9.47 Å². The molecule has 5 nitrogen and oxygen atoms in total. The van der Waals surface area contributed by atoms with Crippen molar-refractivity contribution in [3.05, 3.63) is 64.5 Å². The van der Waals surface area contributed by atoms with Gasteiger partial charge in [-0.05, 0) is 102 Å². The van der Waals surface area contributed by atoms with Gasteiger partial charge in [-0.2, -0.15) is 0 Å². The smallest absolute Gasteiger partial charge is 0.350 e. The molecule has 0 unspecified atom stereocenters. The number of esters is 1. The highest BCUT2D eigenvalue weighted by Crippen LogP contribution is 2.30. The minimum atomic E-state index is -1.17. The Bertz CT molecular complexity index is 1020. The highest BCUT2D eigenvalue weighted by atomic mass is 19.1. The van der Waals surface area contributed by atoms with Crippen molar-refractivity contribution < 1.29 is 28.2 Å². The zero-order valence-electron chi connectivity index (χ0n) is 20.0. The Morgan fingerprint density at radius 1 is 0.969 bits per heavy atom. The third kappa shape index (κ3) is 6.42. The van der Waals surface area contributed by atoms with E-state index in [0.29, 0.717) is 5.75 Å². The van der Waals surface area contributed by atoms with Crippen LogP contribution in [0.15, 0.2) is 36.4 Å². The second-order valence-corrected chi connectivity index (χ2v) is 9.14. The Morgan fingerprint density at radius 2 is 1.56 bits per heavy atom. The van der Waals surface area contributed by atoms with Crippen LogP contribution >= 0.6 is 0 Å². The lowest BCUT2D eigenvalue weighted by atomic mass is 10.0. The molecule has 0 bridgehead atoms.